The molecule has 0 saturated carbocycles. The van der Waals surface area contributed by atoms with Crippen LogP contribution in [0.2, 0.25) is 0 Å². The minimum atomic E-state index is -0.635. The van der Waals surface area contributed by atoms with Gasteiger partial charge in [0.1, 0.15) is 12.6 Å². The number of alkyl carbamates (subject to hydrolysis) is 1. The Bertz CT molecular complexity index is 439. The molecule has 0 heterocycles. The highest BCUT2D eigenvalue weighted by Gasteiger charge is 2.22. The van der Waals surface area contributed by atoms with Crippen LogP contribution in [0.5, 0.6) is 0 Å². The van der Waals surface area contributed by atoms with Gasteiger partial charge in [-0.3, -0.25) is 0 Å². The smallest absolute Gasteiger partial charge is 0.408 e. The van der Waals surface area contributed by atoms with Gasteiger partial charge in [-0.1, -0.05) is 123 Å². The third-order valence-corrected chi connectivity index (χ3v) is 5.50. The monoisotopic (exact) mass is 439 g/mol. The number of carbonyl (C=O) groups excluding carboxylic acids is 2. The van der Waals surface area contributed by atoms with E-state index in [0.29, 0.717) is 13.0 Å². The van der Waals surface area contributed by atoms with Crippen LogP contribution in [0.4, 0.5) is 4.79 Å². The Labute approximate surface area is 191 Å². The molecule has 0 radical (unpaired) electrons. The molecule has 1 N–H and O–H groups in total. The SMILES string of the molecule is C=CCOC(=O)NC(CCCC)C(=O)OCCCCCCCCCCCCCCCC. The van der Waals surface area contributed by atoms with Gasteiger partial charge >= 0.3 is 12.1 Å². The normalized spacial score (nSPS) is 11.7. The summed E-state index contributed by atoms with van der Waals surface area (Å²) in [4.78, 5) is 24.0. The van der Waals surface area contributed by atoms with E-state index < -0.39 is 12.1 Å². The fraction of sp³-hybridized carbons (Fsp3) is 0.846. The number of rotatable bonds is 22. The molecule has 1 amide bonds. The number of amides is 1. The summed E-state index contributed by atoms with van der Waals surface area (Å²) in [6.07, 6.45) is 21.4. The van der Waals surface area contributed by atoms with Crippen molar-refractivity contribution in [3.05, 3.63) is 12.7 Å². The first kappa shape index (κ1) is 29.5. The zero-order chi connectivity index (χ0) is 23.0. The van der Waals surface area contributed by atoms with Gasteiger partial charge in [0.2, 0.25) is 0 Å². The summed E-state index contributed by atoms with van der Waals surface area (Å²) in [6.45, 7) is 8.36. The van der Waals surface area contributed by atoms with Crippen LogP contribution in [0.1, 0.15) is 123 Å². The van der Waals surface area contributed by atoms with Crippen molar-refractivity contribution in [2.45, 2.75) is 129 Å². The second-order valence-corrected chi connectivity index (χ2v) is 8.49. The second-order valence-electron chi connectivity index (χ2n) is 8.49. The number of nitrogens with one attached hydrogen (secondary N) is 1. The maximum Gasteiger partial charge on any atom is 0.408 e. The molecule has 0 spiro atoms. The Morgan fingerprint density at radius 2 is 1.23 bits per heavy atom. The lowest BCUT2D eigenvalue weighted by molar-refractivity contribution is -0.146. The van der Waals surface area contributed by atoms with Crippen molar-refractivity contribution in [2.75, 3.05) is 13.2 Å². The standard InChI is InChI=1S/C26H49NO4/c1-4-7-9-10-11-12-13-14-15-16-17-18-19-20-23-30-25(28)24(21-8-5-2)27-26(29)31-22-6-3/h6,24H,3-5,7-23H2,1-2H3,(H,27,29). The van der Waals surface area contributed by atoms with Crippen LogP contribution >= 0.6 is 0 Å². The molecule has 0 aromatic carbocycles. The fourth-order valence-corrected chi connectivity index (χ4v) is 3.55. The predicted molar refractivity (Wildman–Crippen MR) is 129 cm³/mol. The molecule has 0 aromatic heterocycles. The fourth-order valence-electron chi connectivity index (χ4n) is 3.55. The van der Waals surface area contributed by atoms with Gasteiger partial charge in [0.15, 0.2) is 0 Å². The zero-order valence-corrected chi connectivity index (χ0v) is 20.4. The average Bonchev–Trinajstić information content (AvgIpc) is 2.77. The number of carbonyl (C=O) groups is 2. The van der Waals surface area contributed by atoms with E-state index in [9.17, 15) is 9.59 Å². The van der Waals surface area contributed by atoms with Crippen LogP contribution < -0.4 is 5.32 Å². The molecule has 0 aromatic rings. The van der Waals surface area contributed by atoms with E-state index >= 15 is 0 Å². The van der Waals surface area contributed by atoms with Gasteiger partial charge in [-0.25, -0.2) is 9.59 Å². The molecule has 182 valence electrons. The van der Waals surface area contributed by atoms with Crippen LogP contribution in [-0.2, 0) is 14.3 Å². The number of unbranched alkanes of at least 4 members (excludes halogenated alkanes) is 14. The average molecular weight is 440 g/mol. The molecule has 1 atom stereocenters. The molecule has 0 bridgehead atoms. The van der Waals surface area contributed by atoms with Gasteiger partial charge in [-0.2, -0.15) is 0 Å². The van der Waals surface area contributed by atoms with E-state index in [4.69, 9.17) is 9.47 Å². The molecule has 0 aliphatic carbocycles. The van der Waals surface area contributed by atoms with Crippen molar-refractivity contribution in [1.29, 1.82) is 0 Å². The van der Waals surface area contributed by atoms with Gasteiger partial charge in [-0.15, -0.1) is 0 Å². The maximum atomic E-state index is 12.3. The highest BCUT2D eigenvalue weighted by molar-refractivity contribution is 5.81. The van der Waals surface area contributed by atoms with E-state index in [-0.39, 0.29) is 12.6 Å². The van der Waals surface area contributed by atoms with Crippen LogP contribution in [0.25, 0.3) is 0 Å². The Balaban J connectivity index is 3.65. The van der Waals surface area contributed by atoms with Crippen molar-refractivity contribution in [3.8, 4) is 0 Å². The first-order chi connectivity index (χ1) is 15.2. The summed E-state index contributed by atoms with van der Waals surface area (Å²) in [6, 6.07) is -0.635. The molecule has 31 heavy (non-hydrogen) atoms. The van der Waals surface area contributed by atoms with E-state index in [2.05, 4.69) is 18.8 Å². The second kappa shape index (κ2) is 23.1. The largest absolute Gasteiger partial charge is 0.464 e. The molecule has 0 aliphatic rings. The molecule has 0 fully saturated rings. The summed E-state index contributed by atoms with van der Waals surface area (Å²) in [5, 5.41) is 2.61. The van der Waals surface area contributed by atoms with Crippen LogP contribution in [-0.4, -0.2) is 31.3 Å². The lowest BCUT2D eigenvalue weighted by Gasteiger charge is -2.17. The van der Waals surface area contributed by atoms with Gasteiger partial charge in [0.25, 0.3) is 0 Å². The summed E-state index contributed by atoms with van der Waals surface area (Å²) >= 11 is 0. The lowest BCUT2D eigenvalue weighted by atomic mass is 10.0. The summed E-state index contributed by atoms with van der Waals surface area (Å²) in [7, 11) is 0. The predicted octanol–water partition coefficient (Wildman–Crippen LogP) is 7.48. The minimum absolute atomic E-state index is 0.125. The molecule has 5 nitrogen and oxygen atoms in total. The third-order valence-electron chi connectivity index (χ3n) is 5.50. The summed E-state index contributed by atoms with van der Waals surface area (Å²) in [5.74, 6) is -0.362. The van der Waals surface area contributed by atoms with Crippen molar-refractivity contribution in [3.63, 3.8) is 0 Å². The van der Waals surface area contributed by atoms with E-state index in [0.717, 1.165) is 25.7 Å². The Morgan fingerprint density at radius 3 is 1.71 bits per heavy atom. The van der Waals surface area contributed by atoms with E-state index in [1.165, 1.54) is 83.1 Å². The molecule has 0 aliphatic heterocycles. The van der Waals surface area contributed by atoms with Gasteiger partial charge < -0.3 is 14.8 Å². The van der Waals surface area contributed by atoms with Gasteiger partial charge in [-0.05, 0) is 12.8 Å². The van der Waals surface area contributed by atoms with E-state index in [1.54, 1.807) is 0 Å². The molecular weight excluding hydrogens is 390 g/mol. The first-order valence-corrected chi connectivity index (χ1v) is 12.9. The maximum absolute atomic E-state index is 12.3. The molecule has 0 saturated heterocycles. The van der Waals surface area contributed by atoms with Crippen LogP contribution in [0, 0.1) is 0 Å². The van der Waals surface area contributed by atoms with Crippen molar-refractivity contribution >= 4 is 12.1 Å². The number of esters is 1. The quantitative estimate of drug-likeness (QED) is 0.108. The molecule has 1 unspecified atom stereocenters. The Morgan fingerprint density at radius 1 is 0.742 bits per heavy atom. The minimum Gasteiger partial charge on any atom is -0.464 e. The molecule has 0 rings (SSSR count). The van der Waals surface area contributed by atoms with Crippen molar-refractivity contribution in [2.24, 2.45) is 0 Å². The lowest BCUT2D eigenvalue weighted by Crippen LogP contribution is -2.42. The first-order valence-electron chi connectivity index (χ1n) is 12.9. The van der Waals surface area contributed by atoms with E-state index in [1.807, 2.05) is 6.92 Å². The van der Waals surface area contributed by atoms with Crippen LogP contribution in [0.3, 0.4) is 0 Å². The highest BCUT2D eigenvalue weighted by Crippen LogP contribution is 2.13. The Kier molecular flexibility index (Phi) is 22.0. The van der Waals surface area contributed by atoms with Crippen molar-refractivity contribution in [1.82, 2.24) is 5.32 Å². The Hall–Kier alpha value is -1.52. The number of hydrogen-bond donors (Lipinski definition) is 1. The van der Waals surface area contributed by atoms with Gasteiger partial charge in [0, 0.05) is 0 Å². The summed E-state index contributed by atoms with van der Waals surface area (Å²) in [5.41, 5.74) is 0. The van der Waals surface area contributed by atoms with Gasteiger partial charge in [0.05, 0.1) is 6.61 Å². The topological polar surface area (TPSA) is 64.6 Å². The summed E-state index contributed by atoms with van der Waals surface area (Å²) < 4.78 is 10.3. The molecule has 5 heteroatoms. The van der Waals surface area contributed by atoms with Crippen molar-refractivity contribution < 1.29 is 19.1 Å². The molecular formula is C26H49NO4. The number of hydrogen-bond acceptors (Lipinski definition) is 4. The zero-order valence-electron chi connectivity index (χ0n) is 20.4. The van der Waals surface area contributed by atoms with Crippen LogP contribution in [0.15, 0.2) is 12.7 Å². The highest BCUT2D eigenvalue weighted by atomic mass is 16.6. The third kappa shape index (κ3) is 20.2. The number of ether oxygens (including phenoxy) is 2.